The summed E-state index contributed by atoms with van der Waals surface area (Å²) in [4.78, 5) is 52.5. The Kier molecular flexibility index (Phi) is 8.63. The Morgan fingerprint density at radius 2 is 1.56 bits per heavy atom. The van der Waals surface area contributed by atoms with Crippen molar-refractivity contribution >= 4 is 34.6 Å². The zero-order valence-electron chi connectivity index (χ0n) is 19.7. The molecule has 8 N–H and O–H groups in total. The highest BCUT2D eigenvalue weighted by atomic mass is 16.4. The molecule has 11 nitrogen and oxygen atoms in total. The van der Waals surface area contributed by atoms with E-state index in [0.717, 1.165) is 16.5 Å². The maximum atomic E-state index is 13.3. The average molecular weight is 496 g/mol. The molecule has 3 rings (SSSR count). The van der Waals surface area contributed by atoms with Crippen LogP contribution in [0, 0.1) is 0 Å². The van der Waals surface area contributed by atoms with E-state index in [1.807, 2.05) is 24.3 Å². The van der Waals surface area contributed by atoms with E-state index in [1.54, 1.807) is 18.3 Å². The van der Waals surface area contributed by atoms with Crippen LogP contribution in [0.5, 0.6) is 5.75 Å². The number of nitrogens with one attached hydrogen (secondary N) is 4. The fraction of sp³-hybridized carbons (Fsp3) is 0.280. The number of aromatic amines is 1. The molecule has 36 heavy (non-hydrogen) atoms. The number of nitrogens with two attached hydrogens (primary N) is 1. The van der Waals surface area contributed by atoms with E-state index >= 15 is 0 Å². The summed E-state index contributed by atoms with van der Waals surface area (Å²) in [5.74, 6) is -3.08. The number of aliphatic carboxylic acids is 1. The molecule has 3 amide bonds. The molecule has 0 saturated carbocycles. The fourth-order valence-corrected chi connectivity index (χ4v) is 3.67. The highest BCUT2D eigenvalue weighted by Crippen LogP contribution is 2.19. The second-order valence-corrected chi connectivity index (χ2v) is 8.46. The van der Waals surface area contributed by atoms with Crippen LogP contribution in [0.1, 0.15) is 18.1 Å². The van der Waals surface area contributed by atoms with Crippen molar-refractivity contribution in [2.24, 2.45) is 5.73 Å². The van der Waals surface area contributed by atoms with Crippen LogP contribution in [-0.2, 0) is 32.0 Å². The fourth-order valence-electron chi connectivity index (χ4n) is 3.67. The van der Waals surface area contributed by atoms with E-state index in [1.165, 1.54) is 19.1 Å². The maximum Gasteiger partial charge on any atom is 0.322 e. The van der Waals surface area contributed by atoms with E-state index in [4.69, 9.17) is 10.8 Å². The molecule has 3 aromatic rings. The van der Waals surface area contributed by atoms with Crippen molar-refractivity contribution in [1.82, 2.24) is 20.9 Å². The number of para-hydroxylation sites is 1. The third-order valence-corrected chi connectivity index (χ3v) is 5.57. The molecular formula is C25H29N5O6. The van der Waals surface area contributed by atoms with Crippen LogP contribution in [-0.4, -0.2) is 63.6 Å². The normalized spacial score (nSPS) is 13.4. The Hall–Kier alpha value is -4.38. The second-order valence-electron chi connectivity index (χ2n) is 8.46. The summed E-state index contributed by atoms with van der Waals surface area (Å²) in [6.07, 6.45) is 1.89. The van der Waals surface area contributed by atoms with Gasteiger partial charge in [-0.05, 0) is 36.2 Å². The number of carbonyl (C=O) groups excluding carboxylic acids is 3. The van der Waals surface area contributed by atoms with Crippen molar-refractivity contribution in [2.45, 2.75) is 37.9 Å². The number of carbonyl (C=O) groups is 4. The summed E-state index contributed by atoms with van der Waals surface area (Å²) in [5, 5.41) is 26.9. The van der Waals surface area contributed by atoms with E-state index in [-0.39, 0.29) is 18.6 Å². The molecule has 1 aromatic heterocycles. The van der Waals surface area contributed by atoms with Gasteiger partial charge in [-0.25, -0.2) is 0 Å². The van der Waals surface area contributed by atoms with E-state index in [2.05, 4.69) is 20.9 Å². The lowest BCUT2D eigenvalue weighted by molar-refractivity contribution is -0.138. The van der Waals surface area contributed by atoms with Gasteiger partial charge in [0.15, 0.2) is 0 Å². The van der Waals surface area contributed by atoms with Gasteiger partial charge in [-0.2, -0.15) is 0 Å². The summed E-state index contributed by atoms with van der Waals surface area (Å²) in [6.45, 7) is 0.865. The molecule has 0 aliphatic carbocycles. The Morgan fingerprint density at radius 1 is 0.917 bits per heavy atom. The molecule has 0 aliphatic rings. The maximum absolute atomic E-state index is 13.3. The number of carboxylic acids is 1. The SMILES string of the molecule is CC(N)C(=O)NC(Cc1c[nH]c2ccccc12)C(=O)NC(Cc1ccc(O)cc1)C(=O)NCC(=O)O. The van der Waals surface area contributed by atoms with Crippen molar-refractivity contribution in [3.63, 3.8) is 0 Å². The Balaban J connectivity index is 1.84. The molecular weight excluding hydrogens is 466 g/mol. The predicted molar refractivity (Wildman–Crippen MR) is 132 cm³/mol. The highest BCUT2D eigenvalue weighted by Gasteiger charge is 2.28. The van der Waals surface area contributed by atoms with Crippen molar-refractivity contribution < 1.29 is 29.4 Å². The molecule has 0 fully saturated rings. The van der Waals surface area contributed by atoms with Crippen molar-refractivity contribution in [3.05, 3.63) is 65.9 Å². The lowest BCUT2D eigenvalue weighted by Crippen LogP contribution is -2.56. The number of aromatic nitrogens is 1. The molecule has 3 unspecified atom stereocenters. The molecule has 1 heterocycles. The standard InChI is InChI=1S/C25H29N5O6/c1-14(26)23(34)29-21(11-16-12-27-19-5-3-2-4-18(16)19)25(36)30-20(24(35)28-13-22(32)33)10-15-6-8-17(31)9-7-15/h2-9,12,14,20-21,27,31H,10-11,13,26H2,1H3,(H,28,35)(H,29,34)(H,30,36)(H,32,33). The number of hydrogen-bond donors (Lipinski definition) is 7. The van der Waals surface area contributed by atoms with Crippen LogP contribution in [0.15, 0.2) is 54.7 Å². The van der Waals surface area contributed by atoms with Crippen molar-refractivity contribution in [3.8, 4) is 5.75 Å². The number of fused-ring (bicyclic) bond motifs is 1. The van der Waals surface area contributed by atoms with Gasteiger partial charge in [0, 0.05) is 29.9 Å². The monoisotopic (exact) mass is 495 g/mol. The molecule has 0 bridgehead atoms. The number of phenols is 1. The third-order valence-electron chi connectivity index (χ3n) is 5.57. The molecule has 190 valence electrons. The van der Waals surface area contributed by atoms with Gasteiger partial charge in [0.2, 0.25) is 17.7 Å². The molecule has 0 saturated heterocycles. The average Bonchev–Trinajstić information content (AvgIpc) is 3.25. The Morgan fingerprint density at radius 3 is 2.22 bits per heavy atom. The zero-order chi connectivity index (χ0) is 26.2. The first-order valence-electron chi connectivity index (χ1n) is 11.3. The lowest BCUT2D eigenvalue weighted by Gasteiger charge is -2.24. The van der Waals surface area contributed by atoms with Gasteiger partial charge in [-0.1, -0.05) is 30.3 Å². The van der Waals surface area contributed by atoms with E-state index in [0.29, 0.717) is 5.56 Å². The minimum absolute atomic E-state index is 0.0263. The first-order chi connectivity index (χ1) is 17.1. The summed E-state index contributed by atoms with van der Waals surface area (Å²) in [6, 6.07) is 10.5. The summed E-state index contributed by atoms with van der Waals surface area (Å²) >= 11 is 0. The van der Waals surface area contributed by atoms with Crippen LogP contribution in [0.25, 0.3) is 10.9 Å². The zero-order valence-corrected chi connectivity index (χ0v) is 19.7. The molecule has 11 heteroatoms. The number of amides is 3. The molecule has 3 atom stereocenters. The number of hydrogen-bond acceptors (Lipinski definition) is 6. The number of benzene rings is 2. The van der Waals surface area contributed by atoms with Gasteiger partial charge >= 0.3 is 5.97 Å². The van der Waals surface area contributed by atoms with Gasteiger partial charge in [0.1, 0.15) is 24.4 Å². The van der Waals surface area contributed by atoms with E-state index in [9.17, 15) is 24.3 Å². The summed E-state index contributed by atoms with van der Waals surface area (Å²) in [5.41, 5.74) is 7.95. The van der Waals surface area contributed by atoms with Gasteiger partial charge in [-0.3, -0.25) is 19.2 Å². The molecule has 0 radical (unpaired) electrons. The van der Waals surface area contributed by atoms with Crippen LogP contribution in [0.3, 0.4) is 0 Å². The van der Waals surface area contributed by atoms with Crippen LogP contribution in [0.4, 0.5) is 0 Å². The van der Waals surface area contributed by atoms with Gasteiger partial charge in [0.05, 0.1) is 6.04 Å². The van der Waals surface area contributed by atoms with Crippen molar-refractivity contribution in [1.29, 1.82) is 0 Å². The topological polar surface area (TPSA) is 187 Å². The second kappa shape index (κ2) is 11.8. The molecule has 2 aromatic carbocycles. The first-order valence-corrected chi connectivity index (χ1v) is 11.3. The lowest BCUT2D eigenvalue weighted by atomic mass is 10.0. The highest BCUT2D eigenvalue weighted by molar-refractivity contribution is 5.94. The third kappa shape index (κ3) is 7.06. The minimum atomic E-state index is -1.24. The van der Waals surface area contributed by atoms with Crippen molar-refractivity contribution in [2.75, 3.05) is 6.54 Å². The quantitative estimate of drug-likeness (QED) is 0.198. The van der Waals surface area contributed by atoms with Gasteiger partial charge in [0.25, 0.3) is 0 Å². The molecule has 0 spiro atoms. The Labute approximate surface area is 207 Å². The number of aromatic hydroxyl groups is 1. The van der Waals surface area contributed by atoms with Crippen LogP contribution in [0.2, 0.25) is 0 Å². The predicted octanol–water partition coefficient (Wildman–Crippen LogP) is 0.176. The van der Waals surface area contributed by atoms with E-state index < -0.39 is 48.4 Å². The largest absolute Gasteiger partial charge is 0.508 e. The molecule has 0 aliphatic heterocycles. The van der Waals surface area contributed by atoms with Crippen LogP contribution < -0.4 is 21.7 Å². The minimum Gasteiger partial charge on any atom is -0.508 e. The summed E-state index contributed by atoms with van der Waals surface area (Å²) in [7, 11) is 0. The summed E-state index contributed by atoms with van der Waals surface area (Å²) < 4.78 is 0. The van der Waals surface area contributed by atoms with Gasteiger partial charge in [-0.15, -0.1) is 0 Å². The number of H-pyrrole nitrogens is 1. The van der Waals surface area contributed by atoms with Gasteiger partial charge < -0.3 is 36.9 Å². The first kappa shape index (κ1) is 26.2. The number of rotatable bonds is 11. The van der Waals surface area contributed by atoms with Crippen LogP contribution >= 0.6 is 0 Å². The Bertz CT molecular complexity index is 1240. The smallest absolute Gasteiger partial charge is 0.322 e. The number of carboxylic acid groups (broad SMARTS) is 1. The number of phenolic OH excluding ortho intramolecular Hbond substituents is 1.